The Morgan fingerprint density at radius 1 is 0.654 bits per heavy atom. The van der Waals surface area contributed by atoms with E-state index in [2.05, 4.69) is 0 Å². The van der Waals surface area contributed by atoms with Crippen LogP contribution in [-0.2, 0) is 9.47 Å². The molecule has 0 heterocycles. The van der Waals surface area contributed by atoms with Crippen molar-refractivity contribution in [3.8, 4) is 0 Å². The third-order valence-electron chi connectivity index (χ3n) is 4.21. The highest BCUT2D eigenvalue weighted by molar-refractivity contribution is 5.89. The first-order chi connectivity index (χ1) is 12.7. The van der Waals surface area contributed by atoms with Crippen LogP contribution >= 0.6 is 0 Å². The van der Waals surface area contributed by atoms with Gasteiger partial charge in [0.1, 0.15) is 0 Å². The Kier molecular flexibility index (Phi) is 5.99. The zero-order chi connectivity index (χ0) is 18.2. The Labute approximate surface area is 152 Å². The van der Waals surface area contributed by atoms with Crippen molar-refractivity contribution in [2.24, 2.45) is 11.8 Å². The van der Waals surface area contributed by atoms with Crippen molar-refractivity contribution in [3.05, 3.63) is 96.1 Å². The molecule has 3 rings (SSSR count). The van der Waals surface area contributed by atoms with Crippen LogP contribution in [0, 0.1) is 11.8 Å². The normalized spacial score (nSPS) is 18.3. The van der Waals surface area contributed by atoms with Crippen LogP contribution in [-0.4, -0.2) is 25.2 Å². The first kappa shape index (κ1) is 17.7. The Morgan fingerprint density at radius 2 is 1.04 bits per heavy atom. The van der Waals surface area contributed by atoms with Crippen molar-refractivity contribution in [1.82, 2.24) is 0 Å². The molecule has 0 saturated carbocycles. The van der Waals surface area contributed by atoms with E-state index < -0.39 is 0 Å². The van der Waals surface area contributed by atoms with E-state index in [1.54, 1.807) is 48.5 Å². The molecule has 0 unspecified atom stereocenters. The van der Waals surface area contributed by atoms with Gasteiger partial charge in [-0.15, -0.1) is 0 Å². The van der Waals surface area contributed by atoms with Crippen molar-refractivity contribution in [2.75, 3.05) is 13.2 Å². The lowest BCUT2D eigenvalue weighted by molar-refractivity contribution is 0.0324. The Bertz CT molecular complexity index is 724. The zero-order valence-electron chi connectivity index (χ0n) is 14.3. The number of benzene rings is 2. The fourth-order valence-electron chi connectivity index (χ4n) is 2.72. The van der Waals surface area contributed by atoms with Gasteiger partial charge in [-0.2, -0.15) is 0 Å². The summed E-state index contributed by atoms with van der Waals surface area (Å²) < 4.78 is 10.8. The summed E-state index contributed by atoms with van der Waals surface area (Å²) in [6, 6.07) is 17.8. The first-order valence-corrected chi connectivity index (χ1v) is 8.53. The standard InChI is InChI=1S/C22H20O4/c23-21(17-9-3-1-4-10-17)25-15-19-13-7-8-14-20(19)16-26-22(24)18-11-5-2-6-12-18/h1-14,19-20H,15-16H2/t19-,20+. The van der Waals surface area contributed by atoms with Crippen molar-refractivity contribution in [2.45, 2.75) is 0 Å². The fourth-order valence-corrected chi connectivity index (χ4v) is 2.72. The maximum Gasteiger partial charge on any atom is 0.338 e. The minimum atomic E-state index is -0.353. The van der Waals surface area contributed by atoms with Crippen molar-refractivity contribution in [3.63, 3.8) is 0 Å². The van der Waals surface area contributed by atoms with Crippen LogP contribution in [0.15, 0.2) is 85.0 Å². The van der Waals surface area contributed by atoms with Crippen LogP contribution in [0.4, 0.5) is 0 Å². The van der Waals surface area contributed by atoms with Gasteiger partial charge in [0.25, 0.3) is 0 Å². The molecule has 2 aromatic carbocycles. The van der Waals surface area contributed by atoms with Gasteiger partial charge in [-0.25, -0.2) is 9.59 Å². The van der Waals surface area contributed by atoms with Gasteiger partial charge in [-0.05, 0) is 24.3 Å². The summed E-state index contributed by atoms with van der Waals surface area (Å²) in [7, 11) is 0. The average molecular weight is 348 g/mol. The monoisotopic (exact) mass is 348 g/mol. The number of carbonyl (C=O) groups excluding carboxylic acids is 2. The van der Waals surface area contributed by atoms with Crippen LogP contribution < -0.4 is 0 Å². The molecule has 0 radical (unpaired) electrons. The van der Waals surface area contributed by atoms with Gasteiger partial charge in [0, 0.05) is 11.8 Å². The molecule has 132 valence electrons. The molecule has 0 bridgehead atoms. The van der Waals surface area contributed by atoms with Gasteiger partial charge in [-0.3, -0.25) is 0 Å². The lowest BCUT2D eigenvalue weighted by Gasteiger charge is -2.23. The summed E-state index contributed by atoms with van der Waals surface area (Å²) in [4.78, 5) is 24.2. The van der Waals surface area contributed by atoms with E-state index >= 15 is 0 Å². The topological polar surface area (TPSA) is 52.6 Å². The summed E-state index contributed by atoms with van der Waals surface area (Å²) in [5.41, 5.74) is 1.05. The second-order valence-electron chi connectivity index (χ2n) is 6.03. The number of carbonyl (C=O) groups is 2. The molecular weight excluding hydrogens is 328 g/mol. The number of ether oxygens (including phenoxy) is 2. The highest BCUT2D eigenvalue weighted by Gasteiger charge is 2.22. The van der Waals surface area contributed by atoms with E-state index in [4.69, 9.17) is 9.47 Å². The Balaban J connectivity index is 1.53. The van der Waals surface area contributed by atoms with E-state index in [0.29, 0.717) is 11.1 Å². The van der Waals surface area contributed by atoms with Gasteiger partial charge < -0.3 is 9.47 Å². The fraction of sp³-hybridized carbons (Fsp3) is 0.182. The molecule has 2 atom stereocenters. The molecule has 0 N–H and O–H groups in total. The highest BCUT2D eigenvalue weighted by Crippen LogP contribution is 2.21. The molecular formula is C22H20O4. The van der Waals surface area contributed by atoms with Gasteiger partial charge in [-0.1, -0.05) is 60.7 Å². The molecule has 0 aromatic heterocycles. The minimum Gasteiger partial charge on any atom is -0.461 e. The lowest BCUT2D eigenvalue weighted by Crippen LogP contribution is -2.25. The summed E-state index contributed by atoms with van der Waals surface area (Å²) in [5.74, 6) is -0.769. The molecule has 0 amide bonds. The van der Waals surface area contributed by atoms with Gasteiger partial charge in [0.2, 0.25) is 0 Å². The van der Waals surface area contributed by atoms with Crippen LogP contribution in [0.25, 0.3) is 0 Å². The third-order valence-corrected chi connectivity index (χ3v) is 4.21. The zero-order valence-corrected chi connectivity index (χ0v) is 14.3. The second kappa shape index (κ2) is 8.81. The molecule has 1 aliphatic carbocycles. The minimum absolute atomic E-state index is 0.0313. The summed E-state index contributed by atoms with van der Waals surface area (Å²) in [6.45, 7) is 0.476. The third kappa shape index (κ3) is 4.70. The van der Waals surface area contributed by atoms with E-state index in [-0.39, 0.29) is 37.0 Å². The number of hydrogen-bond acceptors (Lipinski definition) is 4. The van der Waals surface area contributed by atoms with E-state index in [0.717, 1.165) is 0 Å². The first-order valence-electron chi connectivity index (χ1n) is 8.53. The highest BCUT2D eigenvalue weighted by atomic mass is 16.5. The number of esters is 2. The maximum absolute atomic E-state index is 12.1. The number of hydrogen-bond donors (Lipinski definition) is 0. The van der Waals surface area contributed by atoms with Crippen molar-refractivity contribution in [1.29, 1.82) is 0 Å². The largest absolute Gasteiger partial charge is 0.461 e. The van der Waals surface area contributed by atoms with Crippen molar-refractivity contribution < 1.29 is 19.1 Å². The predicted molar refractivity (Wildman–Crippen MR) is 98.7 cm³/mol. The molecule has 2 aromatic rings. The number of allylic oxidation sites excluding steroid dienone is 2. The smallest absolute Gasteiger partial charge is 0.338 e. The summed E-state index contributed by atoms with van der Waals surface area (Å²) >= 11 is 0. The SMILES string of the molecule is O=C(OC[C@H]1C=CC=C[C@H]1COC(=O)c1ccccc1)c1ccccc1. The molecule has 26 heavy (non-hydrogen) atoms. The van der Waals surface area contributed by atoms with Crippen LogP contribution in [0.5, 0.6) is 0 Å². The average Bonchev–Trinajstić information content (AvgIpc) is 2.72. The Hall–Kier alpha value is -3.14. The number of rotatable bonds is 6. The summed E-state index contributed by atoms with van der Waals surface area (Å²) in [6.07, 6.45) is 7.77. The van der Waals surface area contributed by atoms with E-state index in [1.807, 2.05) is 36.4 Å². The second-order valence-corrected chi connectivity index (χ2v) is 6.03. The quantitative estimate of drug-likeness (QED) is 0.739. The van der Waals surface area contributed by atoms with Gasteiger partial charge in [0.15, 0.2) is 0 Å². The summed E-state index contributed by atoms with van der Waals surface area (Å²) in [5, 5.41) is 0. The van der Waals surface area contributed by atoms with Crippen molar-refractivity contribution >= 4 is 11.9 Å². The molecule has 0 saturated heterocycles. The molecule has 0 spiro atoms. The molecule has 0 fully saturated rings. The van der Waals surface area contributed by atoms with E-state index in [9.17, 15) is 9.59 Å². The van der Waals surface area contributed by atoms with Gasteiger partial charge >= 0.3 is 11.9 Å². The van der Waals surface area contributed by atoms with Crippen LogP contribution in [0.1, 0.15) is 20.7 Å². The molecule has 4 nitrogen and oxygen atoms in total. The lowest BCUT2D eigenvalue weighted by atomic mass is 9.89. The Morgan fingerprint density at radius 3 is 1.42 bits per heavy atom. The van der Waals surface area contributed by atoms with Gasteiger partial charge in [0.05, 0.1) is 24.3 Å². The molecule has 4 heteroatoms. The molecule has 1 aliphatic rings. The maximum atomic E-state index is 12.1. The predicted octanol–water partition coefficient (Wildman–Crippen LogP) is 4.06. The van der Waals surface area contributed by atoms with Crippen LogP contribution in [0.2, 0.25) is 0 Å². The van der Waals surface area contributed by atoms with Crippen LogP contribution in [0.3, 0.4) is 0 Å². The van der Waals surface area contributed by atoms with E-state index in [1.165, 1.54) is 0 Å². The molecule has 0 aliphatic heterocycles.